The van der Waals surface area contributed by atoms with Crippen LogP contribution in [0.4, 0.5) is 8.78 Å². The quantitative estimate of drug-likeness (QED) is 0.803. The first-order valence-corrected chi connectivity index (χ1v) is 5.75. The van der Waals surface area contributed by atoms with Crippen LogP contribution in [0, 0.1) is 11.6 Å². The SMILES string of the molecule is CCOC(=O)c1nn(-c2ccc(F)c(F)c2)ccc1=O. The topological polar surface area (TPSA) is 61.2 Å². The van der Waals surface area contributed by atoms with E-state index in [0.717, 1.165) is 22.9 Å². The van der Waals surface area contributed by atoms with Gasteiger partial charge in [0.15, 0.2) is 11.6 Å². The van der Waals surface area contributed by atoms with Crippen LogP contribution in [0.1, 0.15) is 17.4 Å². The smallest absolute Gasteiger partial charge is 0.362 e. The van der Waals surface area contributed by atoms with Crippen molar-refractivity contribution in [2.45, 2.75) is 6.92 Å². The number of nitrogens with zero attached hydrogens (tertiary/aromatic N) is 2. The number of rotatable bonds is 3. The molecule has 0 N–H and O–H groups in total. The van der Waals surface area contributed by atoms with Crippen LogP contribution < -0.4 is 5.43 Å². The van der Waals surface area contributed by atoms with Crippen molar-refractivity contribution < 1.29 is 18.3 Å². The molecule has 2 rings (SSSR count). The van der Waals surface area contributed by atoms with Gasteiger partial charge in [-0.1, -0.05) is 0 Å². The van der Waals surface area contributed by atoms with E-state index in [9.17, 15) is 18.4 Å². The average molecular weight is 280 g/mol. The highest BCUT2D eigenvalue weighted by Crippen LogP contribution is 2.11. The minimum absolute atomic E-state index is 0.0972. The van der Waals surface area contributed by atoms with Gasteiger partial charge >= 0.3 is 5.97 Å². The summed E-state index contributed by atoms with van der Waals surface area (Å²) in [4.78, 5) is 23.1. The summed E-state index contributed by atoms with van der Waals surface area (Å²) in [5.41, 5.74) is -0.851. The van der Waals surface area contributed by atoms with Gasteiger partial charge in [0.2, 0.25) is 11.1 Å². The third-order valence-electron chi connectivity index (χ3n) is 2.44. The van der Waals surface area contributed by atoms with E-state index < -0.39 is 28.7 Å². The van der Waals surface area contributed by atoms with E-state index in [1.165, 1.54) is 12.3 Å². The Balaban J connectivity index is 2.48. The molecule has 0 amide bonds. The van der Waals surface area contributed by atoms with Gasteiger partial charge in [-0.3, -0.25) is 4.79 Å². The van der Waals surface area contributed by atoms with E-state index in [1.54, 1.807) is 6.92 Å². The van der Waals surface area contributed by atoms with Crippen molar-refractivity contribution in [2.24, 2.45) is 0 Å². The number of aromatic nitrogens is 2. The molecule has 20 heavy (non-hydrogen) atoms. The van der Waals surface area contributed by atoms with Gasteiger partial charge < -0.3 is 4.74 Å². The molecule has 1 aromatic carbocycles. The van der Waals surface area contributed by atoms with Crippen LogP contribution in [-0.4, -0.2) is 22.4 Å². The maximum absolute atomic E-state index is 13.2. The van der Waals surface area contributed by atoms with Crippen LogP contribution >= 0.6 is 0 Å². The number of hydrogen-bond donors (Lipinski definition) is 0. The van der Waals surface area contributed by atoms with Crippen molar-refractivity contribution in [3.8, 4) is 5.69 Å². The van der Waals surface area contributed by atoms with E-state index >= 15 is 0 Å². The van der Waals surface area contributed by atoms with Crippen molar-refractivity contribution >= 4 is 5.97 Å². The summed E-state index contributed by atoms with van der Waals surface area (Å²) in [5.74, 6) is -2.92. The van der Waals surface area contributed by atoms with Crippen LogP contribution in [0.5, 0.6) is 0 Å². The fourth-order valence-electron chi connectivity index (χ4n) is 1.52. The van der Waals surface area contributed by atoms with Crippen molar-refractivity contribution in [3.05, 3.63) is 58.0 Å². The van der Waals surface area contributed by atoms with Gasteiger partial charge in [-0.2, -0.15) is 5.10 Å². The normalized spacial score (nSPS) is 10.3. The molecule has 104 valence electrons. The summed E-state index contributed by atoms with van der Waals surface area (Å²) in [5, 5.41) is 3.77. The minimum Gasteiger partial charge on any atom is -0.461 e. The minimum atomic E-state index is -1.05. The van der Waals surface area contributed by atoms with E-state index in [1.807, 2.05) is 0 Å². The molecule has 0 saturated carbocycles. The summed E-state index contributed by atoms with van der Waals surface area (Å²) in [7, 11) is 0. The molecule has 0 spiro atoms. The zero-order chi connectivity index (χ0) is 14.7. The van der Waals surface area contributed by atoms with Gasteiger partial charge in [-0.25, -0.2) is 18.3 Å². The molecule has 0 bridgehead atoms. The van der Waals surface area contributed by atoms with Gasteiger partial charge in [0.25, 0.3) is 0 Å². The van der Waals surface area contributed by atoms with Gasteiger partial charge in [0.1, 0.15) is 0 Å². The van der Waals surface area contributed by atoms with Crippen LogP contribution in [-0.2, 0) is 4.74 Å². The van der Waals surface area contributed by atoms with Crippen LogP contribution in [0.25, 0.3) is 5.69 Å². The Morgan fingerprint density at radius 3 is 2.70 bits per heavy atom. The Hall–Kier alpha value is -2.57. The molecule has 0 aliphatic heterocycles. The van der Waals surface area contributed by atoms with Crippen molar-refractivity contribution in [3.63, 3.8) is 0 Å². The van der Waals surface area contributed by atoms with Gasteiger partial charge in [-0.05, 0) is 19.1 Å². The average Bonchev–Trinajstić information content (AvgIpc) is 2.42. The second kappa shape index (κ2) is 5.60. The second-order valence-corrected chi connectivity index (χ2v) is 3.79. The summed E-state index contributed by atoms with van der Waals surface area (Å²) >= 11 is 0. The highest BCUT2D eigenvalue weighted by Gasteiger charge is 2.14. The third-order valence-corrected chi connectivity index (χ3v) is 2.44. The number of esters is 1. The molecule has 7 heteroatoms. The van der Waals surface area contributed by atoms with Gasteiger partial charge in [-0.15, -0.1) is 0 Å². The molecule has 0 aliphatic rings. The lowest BCUT2D eigenvalue weighted by atomic mass is 10.3. The Labute approximate surface area is 112 Å². The van der Waals surface area contributed by atoms with Gasteiger partial charge in [0.05, 0.1) is 12.3 Å². The summed E-state index contributed by atoms with van der Waals surface area (Å²) in [6, 6.07) is 4.20. The summed E-state index contributed by atoms with van der Waals surface area (Å²) in [6.45, 7) is 1.69. The van der Waals surface area contributed by atoms with Crippen molar-refractivity contribution in [1.29, 1.82) is 0 Å². The molecule has 1 heterocycles. The molecule has 0 radical (unpaired) electrons. The molecule has 1 aromatic heterocycles. The first kappa shape index (κ1) is 13.9. The molecule has 0 fully saturated rings. The monoisotopic (exact) mass is 280 g/mol. The number of carbonyl (C=O) groups is 1. The molecule has 2 aromatic rings. The molecule has 5 nitrogen and oxygen atoms in total. The molecule has 0 atom stereocenters. The number of benzene rings is 1. The van der Waals surface area contributed by atoms with E-state index in [0.29, 0.717) is 0 Å². The van der Waals surface area contributed by atoms with E-state index in [2.05, 4.69) is 5.10 Å². The van der Waals surface area contributed by atoms with Crippen LogP contribution in [0.2, 0.25) is 0 Å². The highest BCUT2D eigenvalue weighted by molar-refractivity contribution is 5.86. The zero-order valence-corrected chi connectivity index (χ0v) is 10.5. The Morgan fingerprint density at radius 2 is 2.05 bits per heavy atom. The fraction of sp³-hybridized carbons (Fsp3) is 0.154. The summed E-state index contributed by atoms with van der Waals surface area (Å²) < 4.78 is 31.8. The Morgan fingerprint density at radius 1 is 1.30 bits per heavy atom. The lowest BCUT2D eigenvalue weighted by Crippen LogP contribution is -2.22. The number of hydrogen-bond acceptors (Lipinski definition) is 4. The lowest BCUT2D eigenvalue weighted by molar-refractivity contribution is 0.0515. The zero-order valence-electron chi connectivity index (χ0n) is 10.5. The molecule has 0 aliphatic carbocycles. The second-order valence-electron chi connectivity index (χ2n) is 3.79. The standard InChI is InChI=1S/C13H10F2N2O3/c1-2-20-13(19)12-11(18)5-6-17(16-12)8-3-4-9(14)10(15)7-8/h3-7H,2H2,1H3. The third kappa shape index (κ3) is 2.71. The maximum atomic E-state index is 13.2. The maximum Gasteiger partial charge on any atom is 0.362 e. The number of ether oxygens (including phenoxy) is 1. The van der Waals surface area contributed by atoms with Crippen LogP contribution in [0.3, 0.4) is 0 Å². The first-order chi connectivity index (χ1) is 9.52. The Kier molecular flexibility index (Phi) is 3.88. The predicted octanol–water partition coefficient (Wildman–Crippen LogP) is 1.69. The number of halogens is 2. The summed E-state index contributed by atoms with van der Waals surface area (Å²) in [6.07, 6.45) is 1.25. The van der Waals surface area contributed by atoms with Crippen molar-refractivity contribution in [1.82, 2.24) is 9.78 Å². The predicted molar refractivity (Wildman–Crippen MR) is 65.7 cm³/mol. The molecular formula is C13H10F2N2O3. The lowest BCUT2D eigenvalue weighted by Gasteiger charge is -2.07. The highest BCUT2D eigenvalue weighted by atomic mass is 19.2. The fourth-order valence-corrected chi connectivity index (χ4v) is 1.52. The number of carbonyl (C=O) groups excluding carboxylic acids is 1. The van der Waals surface area contributed by atoms with Gasteiger partial charge in [0, 0.05) is 18.3 Å². The molecule has 0 unspecified atom stereocenters. The van der Waals surface area contributed by atoms with Crippen molar-refractivity contribution in [2.75, 3.05) is 6.61 Å². The molecule has 0 saturated heterocycles. The largest absolute Gasteiger partial charge is 0.461 e. The van der Waals surface area contributed by atoms with E-state index in [-0.39, 0.29) is 12.3 Å². The Bertz CT molecular complexity index is 713. The first-order valence-electron chi connectivity index (χ1n) is 5.75. The molecular weight excluding hydrogens is 270 g/mol. The van der Waals surface area contributed by atoms with E-state index in [4.69, 9.17) is 4.74 Å². The van der Waals surface area contributed by atoms with Crippen LogP contribution in [0.15, 0.2) is 35.3 Å².